The Hall–Kier alpha value is -3.09. The van der Waals surface area contributed by atoms with Gasteiger partial charge in [0.15, 0.2) is 5.82 Å². The van der Waals surface area contributed by atoms with Crippen LogP contribution in [0.3, 0.4) is 0 Å². The van der Waals surface area contributed by atoms with Crippen molar-refractivity contribution in [1.82, 2.24) is 19.7 Å². The smallest absolute Gasteiger partial charge is 0.154 e. The lowest BCUT2D eigenvalue weighted by Crippen LogP contribution is -2.14. The molecule has 0 aliphatic heterocycles. The molecule has 0 saturated carbocycles. The van der Waals surface area contributed by atoms with E-state index in [0.717, 1.165) is 34.3 Å². The second-order valence-corrected chi connectivity index (χ2v) is 7.66. The highest BCUT2D eigenvalue weighted by atomic mass is 16.3. The largest absolute Gasteiger partial charge is 0.390 e. The summed E-state index contributed by atoms with van der Waals surface area (Å²) in [5.41, 5.74) is 10.7. The van der Waals surface area contributed by atoms with Crippen LogP contribution in [0.2, 0.25) is 0 Å². The number of pyridine rings is 2. The summed E-state index contributed by atoms with van der Waals surface area (Å²) in [5, 5.41) is 14.9. The van der Waals surface area contributed by atoms with E-state index in [0.29, 0.717) is 17.4 Å². The summed E-state index contributed by atoms with van der Waals surface area (Å²) in [7, 11) is 0. The Morgan fingerprint density at radius 3 is 2.66 bits per heavy atom. The fourth-order valence-electron chi connectivity index (χ4n) is 3.48. The Morgan fingerprint density at radius 1 is 1.03 bits per heavy atom. The molecule has 0 aliphatic rings. The number of fused-ring (bicyclic) bond motifs is 1. The molecule has 0 amide bonds. The zero-order valence-corrected chi connectivity index (χ0v) is 16.7. The van der Waals surface area contributed by atoms with Gasteiger partial charge in [0.25, 0.3) is 0 Å². The Balaban J connectivity index is 1.74. The molecule has 1 aromatic carbocycles. The third-order valence-corrected chi connectivity index (χ3v) is 4.91. The lowest BCUT2D eigenvalue weighted by molar-refractivity contribution is 0.276. The molecule has 6 nitrogen and oxygen atoms in total. The second kappa shape index (κ2) is 8.11. The van der Waals surface area contributed by atoms with E-state index in [-0.39, 0.29) is 12.6 Å². The van der Waals surface area contributed by atoms with E-state index in [1.54, 1.807) is 10.7 Å². The molecular weight excluding hydrogens is 362 g/mol. The van der Waals surface area contributed by atoms with Gasteiger partial charge in [-0.15, -0.1) is 0 Å². The molecule has 0 radical (unpaired) electrons. The molecule has 1 atom stereocenters. The molecule has 3 N–H and O–H groups in total. The first-order chi connectivity index (χ1) is 14.0. The molecule has 29 heavy (non-hydrogen) atoms. The van der Waals surface area contributed by atoms with Crippen LogP contribution in [0.1, 0.15) is 37.7 Å². The van der Waals surface area contributed by atoms with Gasteiger partial charge in [0.05, 0.1) is 35.4 Å². The van der Waals surface area contributed by atoms with Crippen molar-refractivity contribution in [3.8, 4) is 17.1 Å². The van der Waals surface area contributed by atoms with E-state index in [1.165, 1.54) is 0 Å². The minimum absolute atomic E-state index is 0.0744. The summed E-state index contributed by atoms with van der Waals surface area (Å²) >= 11 is 0. The third-order valence-electron chi connectivity index (χ3n) is 4.91. The zero-order chi connectivity index (χ0) is 20.4. The van der Waals surface area contributed by atoms with Gasteiger partial charge in [0.2, 0.25) is 0 Å². The molecule has 0 bridgehead atoms. The Bertz CT molecular complexity index is 1140. The number of rotatable bonds is 6. The summed E-state index contributed by atoms with van der Waals surface area (Å²) in [6, 6.07) is 17.6. The summed E-state index contributed by atoms with van der Waals surface area (Å²) in [5.74, 6) is 1.19. The molecule has 4 rings (SSSR count). The van der Waals surface area contributed by atoms with Crippen LogP contribution in [0.5, 0.6) is 0 Å². The maximum atomic E-state index is 9.38. The first kappa shape index (κ1) is 19.2. The summed E-state index contributed by atoms with van der Waals surface area (Å²) in [4.78, 5) is 9.28. The van der Waals surface area contributed by atoms with Crippen molar-refractivity contribution in [3.63, 3.8) is 0 Å². The van der Waals surface area contributed by atoms with Gasteiger partial charge >= 0.3 is 0 Å². The highest BCUT2D eigenvalue weighted by Crippen LogP contribution is 2.26. The van der Waals surface area contributed by atoms with E-state index in [2.05, 4.69) is 30.0 Å². The monoisotopic (exact) mass is 387 g/mol. The van der Waals surface area contributed by atoms with Crippen LogP contribution in [0.15, 0.2) is 60.8 Å². The Kier molecular flexibility index (Phi) is 5.38. The van der Waals surface area contributed by atoms with E-state index in [9.17, 15) is 5.11 Å². The predicted molar refractivity (Wildman–Crippen MR) is 114 cm³/mol. The lowest BCUT2D eigenvalue weighted by Gasteiger charge is -2.14. The van der Waals surface area contributed by atoms with Gasteiger partial charge in [0, 0.05) is 17.0 Å². The minimum atomic E-state index is -0.106. The van der Waals surface area contributed by atoms with Crippen molar-refractivity contribution in [3.05, 3.63) is 72.2 Å². The van der Waals surface area contributed by atoms with E-state index >= 15 is 0 Å². The minimum Gasteiger partial charge on any atom is -0.390 e. The van der Waals surface area contributed by atoms with Crippen LogP contribution in [0.4, 0.5) is 0 Å². The van der Waals surface area contributed by atoms with Crippen molar-refractivity contribution in [1.29, 1.82) is 0 Å². The normalized spacial score (nSPS) is 12.6. The molecule has 4 aromatic rings. The van der Waals surface area contributed by atoms with Gasteiger partial charge in [-0.2, -0.15) is 5.10 Å². The molecule has 3 aromatic heterocycles. The average molecular weight is 387 g/mol. The van der Waals surface area contributed by atoms with Crippen molar-refractivity contribution in [2.75, 3.05) is 0 Å². The van der Waals surface area contributed by atoms with Crippen LogP contribution >= 0.6 is 0 Å². The topological polar surface area (TPSA) is 89.8 Å². The highest BCUT2D eigenvalue weighted by Gasteiger charge is 2.13. The summed E-state index contributed by atoms with van der Waals surface area (Å²) in [6.45, 7) is 4.23. The van der Waals surface area contributed by atoms with Gasteiger partial charge in [-0.3, -0.25) is 4.98 Å². The number of hydrogen-bond acceptors (Lipinski definition) is 5. The molecule has 0 unspecified atom stereocenters. The zero-order valence-electron chi connectivity index (χ0n) is 16.7. The Morgan fingerprint density at radius 2 is 1.86 bits per heavy atom. The fourth-order valence-corrected chi connectivity index (χ4v) is 3.48. The molecule has 148 valence electrons. The highest BCUT2D eigenvalue weighted by molar-refractivity contribution is 5.84. The number of aliphatic hydroxyl groups is 1. The van der Waals surface area contributed by atoms with E-state index < -0.39 is 0 Å². The van der Waals surface area contributed by atoms with Crippen LogP contribution in [0.25, 0.3) is 28.0 Å². The molecule has 3 heterocycles. The predicted octanol–water partition coefficient (Wildman–Crippen LogP) is 4.02. The van der Waals surface area contributed by atoms with Gasteiger partial charge in [-0.25, -0.2) is 9.67 Å². The Labute approximate surface area is 170 Å². The van der Waals surface area contributed by atoms with E-state index in [1.807, 2.05) is 48.7 Å². The maximum Gasteiger partial charge on any atom is 0.154 e. The maximum absolute atomic E-state index is 9.38. The number of aromatic nitrogens is 4. The van der Waals surface area contributed by atoms with Crippen LogP contribution in [0, 0.1) is 5.92 Å². The van der Waals surface area contributed by atoms with Crippen molar-refractivity contribution in [2.45, 2.75) is 32.9 Å². The number of benzene rings is 1. The molecule has 0 saturated heterocycles. The number of nitrogens with zero attached hydrogens (tertiary/aromatic N) is 4. The van der Waals surface area contributed by atoms with Gasteiger partial charge < -0.3 is 10.8 Å². The summed E-state index contributed by atoms with van der Waals surface area (Å²) in [6.07, 6.45) is 2.71. The van der Waals surface area contributed by atoms with Gasteiger partial charge in [0.1, 0.15) is 0 Å². The second-order valence-electron chi connectivity index (χ2n) is 7.66. The van der Waals surface area contributed by atoms with E-state index in [4.69, 9.17) is 10.7 Å². The third kappa shape index (κ3) is 4.04. The number of aliphatic hydroxyl groups excluding tert-OH is 1. The van der Waals surface area contributed by atoms with Crippen molar-refractivity contribution >= 4 is 10.9 Å². The molecule has 0 aliphatic carbocycles. The SMILES string of the molecule is CC(C)C[C@H](N)c1cccc(-c2ccc3cnn(-c4cccc(CO)n4)c3c2)n1. The van der Waals surface area contributed by atoms with Gasteiger partial charge in [-0.05, 0) is 42.7 Å². The quantitative estimate of drug-likeness (QED) is 0.521. The summed E-state index contributed by atoms with van der Waals surface area (Å²) < 4.78 is 1.78. The molecular formula is C23H25N5O. The first-order valence-corrected chi connectivity index (χ1v) is 9.83. The molecule has 0 spiro atoms. The first-order valence-electron chi connectivity index (χ1n) is 9.83. The van der Waals surface area contributed by atoms with Crippen LogP contribution < -0.4 is 5.73 Å². The lowest BCUT2D eigenvalue weighted by atomic mass is 10.0. The fraction of sp³-hybridized carbons (Fsp3) is 0.261. The number of nitrogens with two attached hydrogens (primary N) is 1. The van der Waals surface area contributed by atoms with Crippen molar-refractivity contribution < 1.29 is 5.11 Å². The van der Waals surface area contributed by atoms with Crippen molar-refractivity contribution in [2.24, 2.45) is 11.7 Å². The van der Waals surface area contributed by atoms with Gasteiger partial charge in [-0.1, -0.05) is 38.1 Å². The average Bonchev–Trinajstić information content (AvgIpc) is 3.16. The standard InChI is InChI=1S/C23H25N5O/c1-15(2)11-19(24)21-7-4-6-20(27-21)16-9-10-17-13-25-28(22(17)12-16)23-8-3-5-18(14-29)26-23/h3-10,12-13,15,19,29H,11,14,24H2,1-2H3/t19-/m0/s1. The number of hydrogen-bond donors (Lipinski definition) is 2. The molecule has 6 heteroatoms. The molecule has 0 fully saturated rings. The van der Waals surface area contributed by atoms with Crippen LogP contribution in [-0.2, 0) is 6.61 Å². The van der Waals surface area contributed by atoms with Crippen LogP contribution in [-0.4, -0.2) is 24.9 Å².